The highest BCUT2D eigenvalue weighted by Gasteiger charge is 2.20. The van der Waals surface area contributed by atoms with Crippen molar-refractivity contribution in [1.82, 2.24) is 0 Å². The lowest BCUT2D eigenvalue weighted by Gasteiger charge is -2.28. The Morgan fingerprint density at radius 1 is 1.00 bits per heavy atom. The molecule has 1 heteroatoms. The Labute approximate surface area is 95.3 Å². The van der Waals surface area contributed by atoms with E-state index in [1.165, 1.54) is 38.5 Å². The van der Waals surface area contributed by atoms with Crippen molar-refractivity contribution in [3.63, 3.8) is 0 Å². The fourth-order valence-corrected chi connectivity index (χ4v) is 2.83. The predicted molar refractivity (Wildman–Crippen MR) is 65.9 cm³/mol. The van der Waals surface area contributed by atoms with Gasteiger partial charge in [-0.15, -0.1) is 0 Å². The molecule has 0 spiro atoms. The van der Waals surface area contributed by atoms with Gasteiger partial charge in [-0.2, -0.15) is 0 Å². The molecule has 90 valence electrons. The zero-order valence-corrected chi connectivity index (χ0v) is 10.5. The summed E-state index contributed by atoms with van der Waals surface area (Å²) in [5.41, 5.74) is 0. The Bertz CT molecular complexity index is 147. The minimum Gasteiger partial charge on any atom is -0.393 e. The van der Waals surface area contributed by atoms with Crippen LogP contribution < -0.4 is 0 Å². The monoisotopic (exact) mass is 212 g/mol. The maximum atomic E-state index is 9.68. The summed E-state index contributed by atoms with van der Waals surface area (Å²) in [6.07, 6.45) is 11.4. The first kappa shape index (κ1) is 13.0. The van der Waals surface area contributed by atoms with Gasteiger partial charge in [-0.05, 0) is 31.1 Å². The Morgan fingerprint density at radius 2 is 1.60 bits per heavy atom. The molecule has 1 unspecified atom stereocenters. The molecule has 0 aliphatic heterocycles. The van der Waals surface area contributed by atoms with Gasteiger partial charge < -0.3 is 5.11 Å². The normalized spacial score (nSPS) is 29.0. The van der Waals surface area contributed by atoms with E-state index in [2.05, 4.69) is 13.8 Å². The molecular weight excluding hydrogens is 184 g/mol. The Morgan fingerprint density at radius 3 is 2.13 bits per heavy atom. The molecule has 1 nitrogen and oxygen atoms in total. The van der Waals surface area contributed by atoms with E-state index >= 15 is 0 Å². The van der Waals surface area contributed by atoms with Gasteiger partial charge in [0.05, 0.1) is 6.10 Å². The molecule has 0 bridgehead atoms. The number of hydrogen-bond donors (Lipinski definition) is 1. The number of hydrogen-bond acceptors (Lipinski definition) is 1. The highest BCUT2D eigenvalue weighted by molar-refractivity contribution is 4.72. The molecule has 1 atom stereocenters. The molecule has 0 saturated heterocycles. The van der Waals surface area contributed by atoms with Crippen molar-refractivity contribution in [3.8, 4) is 0 Å². The lowest BCUT2D eigenvalue weighted by Crippen LogP contribution is -2.16. The zero-order chi connectivity index (χ0) is 11.1. The van der Waals surface area contributed by atoms with Gasteiger partial charge >= 0.3 is 0 Å². The third kappa shape index (κ3) is 5.01. The Balaban J connectivity index is 2.08. The second-order valence-corrected chi connectivity index (χ2v) is 5.31. The first-order valence-corrected chi connectivity index (χ1v) is 6.94. The van der Waals surface area contributed by atoms with Crippen molar-refractivity contribution >= 4 is 0 Å². The molecule has 1 saturated carbocycles. The molecule has 1 fully saturated rings. The molecule has 1 N–H and O–H groups in total. The first-order chi connectivity index (χ1) is 7.26. The van der Waals surface area contributed by atoms with Crippen molar-refractivity contribution in [3.05, 3.63) is 0 Å². The molecule has 0 radical (unpaired) electrons. The summed E-state index contributed by atoms with van der Waals surface area (Å²) in [7, 11) is 0. The Kier molecular flexibility index (Phi) is 6.31. The summed E-state index contributed by atoms with van der Waals surface area (Å²) in [4.78, 5) is 0. The van der Waals surface area contributed by atoms with E-state index in [9.17, 15) is 5.11 Å². The van der Waals surface area contributed by atoms with Gasteiger partial charge in [0.15, 0.2) is 0 Å². The third-order valence-corrected chi connectivity index (χ3v) is 4.07. The van der Waals surface area contributed by atoms with Crippen molar-refractivity contribution < 1.29 is 5.11 Å². The van der Waals surface area contributed by atoms with Crippen LogP contribution in [-0.4, -0.2) is 11.2 Å². The summed E-state index contributed by atoms with van der Waals surface area (Å²) >= 11 is 0. The molecular formula is C14H28O. The first-order valence-electron chi connectivity index (χ1n) is 6.94. The van der Waals surface area contributed by atoms with Crippen LogP contribution in [0.15, 0.2) is 0 Å². The van der Waals surface area contributed by atoms with Gasteiger partial charge in [-0.3, -0.25) is 0 Å². The second-order valence-electron chi connectivity index (χ2n) is 5.31. The minimum absolute atomic E-state index is 0.0288. The SMILES string of the molecule is CCCC(O)CCC1CCC(CC)CC1. The highest BCUT2D eigenvalue weighted by Crippen LogP contribution is 2.33. The van der Waals surface area contributed by atoms with Crippen LogP contribution in [0.2, 0.25) is 0 Å². The molecule has 1 aliphatic rings. The molecule has 1 aliphatic carbocycles. The predicted octanol–water partition coefficient (Wildman–Crippen LogP) is 4.14. The largest absolute Gasteiger partial charge is 0.393 e. The van der Waals surface area contributed by atoms with Crippen LogP contribution in [0.25, 0.3) is 0 Å². The average Bonchev–Trinajstić information content (AvgIpc) is 2.27. The van der Waals surface area contributed by atoms with Crippen LogP contribution in [0, 0.1) is 11.8 Å². The number of aliphatic hydroxyl groups excluding tert-OH is 1. The van der Waals surface area contributed by atoms with E-state index in [-0.39, 0.29) is 6.10 Å². The van der Waals surface area contributed by atoms with E-state index in [1.807, 2.05) is 0 Å². The van der Waals surface area contributed by atoms with E-state index in [4.69, 9.17) is 0 Å². The molecule has 1 rings (SSSR count). The van der Waals surface area contributed by atoms with Crippen molar-refractivity contribution in [2.75, 3.05) is 0 Å². The quantitative estimate of drug-likeness (QED) is 0.701. The standard InChI is InChI=1S/C14H28O/c1-3-5-14(15)11-10-13-8-6-12(4-2)7-9-13/h12-15H,3-11H2,1-2H3. The van der Waals surface area contributed by atoms with Crippen LogP contribution in [0.5, 0.6) is 0 Å². The fourth-order valence-electron chi connectivity index (χ4n) is 2.83. The average molecular weight is 212 g/mol. The van der Waals surface area contributed by atoms with Crippen molar-refractivity contribution in [2.24, 2.45) is 11.8 Å². The van der Waals surface area contributed by atoms with E-state index < -0.39 is 0 Å². The molecule has 15 heavy (non-hydrogen) atoms. The van der Waals surface area contributed by atoms with Gasteiger partial charge in [-0.1, -0.05) is 52.4 Å². The van der Waals surface area contributed by atoms with Crippen LogP contribution in [0.4, 0.5) is 0 Å². The van der Waals surface area contributed by atoms with Gasteiger partial charge in [0, 0.05) is 0 Å². The van der Waals surface area contributed by atoms with Crippen LogP contribution in [-0.2, 0) is 0 Å². The summed E-state index contributed by atoms with van der Waals surface area (Å²) in [6, 6.07) is 0. The molecule has 0 amide bonds. The maximum absolute atomic E-state index is 9.68. The fraction of sp³-hybridized carbons (Fsp3) is 1.00. The molecule has 0 heterocycles. The van der Waals surface area contributed by atoms with Crippen molar-refractivity contribution in [2.45, 2.75) is 77.7 Å². The van der Waals surface area contributed by atoms with E-state index in [1.54, 1.807) is 0 Å². The van der Waals surface area contributed by atoms with Gasteiger partial charge in [0.25, 0.3) is 0 Å². The smallest absolute Gasteiger partial charge is 0.0540 e. The Hall–Kier alpha value is -0.0400. The topological polar surface area (TPSA) is 20.2 Å². The summed E-state index contributed by atoms with van der Waals surface area (Å²) < 4.78 is 0. The summed E-state index contributed by atoms with van der Waals surface area (Å²) in [5.74, 6) is 1.92. The minimum atomic E-state index is -0.0288. The number of rotatable bonds is 6. The van der Waals surface area contributed by atoms with E-state index in [0.717, 1.165) is 31.1 Å². The summed E-state index contributed by atoms with van der Waals surface area (Å²) in [6.45, 7) is 4.46. The molecule has 0 aromatic carbocycles. The second kappa shape index (κ2) is 7.27. The molecule has 0 aromatic heterocycles. The van der Waals surface area contributed by atoms with Gasteiger partial charge in [0.1, 0.15) is 0 Å². The maximum Gasteiger partial charge on any atom is 0.0540 e. The zero-order valence-electron chi connectivity index (χ0n) is 10.5. The highest BCUT2D eigenvalue weighted by atomic mass is 16.3. The summed E-state index contributed by atoms with van der Waals surface area (Å²) in [5, 5.41) is 9.68. The van der Waals surface area contributed by atoms with E-state index in [0.29, 0.717) is 0 Å². The van der Waals surface area contributed by atoms with Gasteiger partial charge in [-0.25, -0.2) is 0 Å². The van der Waals surface area contributed by atoms with Crippen LogP contribution in [0.3, 0.4) is 0 Å². The van der Waals surface area contributed by atoms with Crippen LogP contribution >= 0.6 is 0 Å². The lowest BCUT2D eigenvalue weighted by atomic mass is 9.78. The van der Waals surface area contributed by atoms with Crippen molar-refractivity contribution in [1.29, 1.82) is 0 Å². The number of aliphatic hydroxyl groups is 1. The third-order valence-electron chi connectivity index (χ3n) is 4.07. The van der Waals surface area contributed by atoms with Crippen LogP contribution in [0.1, 0.15) is 71.6 Å². The molecule has 0 aromatic rings. The van der Waals surface area contributed by atoms with Gasteiger partial charge in [0.2, 0.25) is 0 Å². The lowest BCUT2D eigenvalue weighted by molar-refractivity contribution is 0.135.